The van der Waals surface area contributed by atoms with Gasteiger partial charge in [-0.2, -0.15) is 0 Å². The Hall–Kier alpha value is -3.48. The van der Waals surface area contributed by atoms with Crippen LogP contribution in [0.5, 0.6) is 0 Å². The van der Waals surface area contributed by atoms with Crippen LogP contribution in [-0.4, -0.2) is 38.7 Å². The minimum atomic E-state index is -0.403. The highest BCUT2D eigenvalue weighted by Crippen LogP contribution is 2.26. The molecular formula is C23H24N4O3. The van der Waals surface area contributed by atoms with Gasteiger partial charge in [-0.15, -0.1) is 0 Å². The van der Waals surface area contributed by atoms with Crippen molar-refractivity contribution >= 4 is 34.3 Å². The van der Waals surface area contributed by atoms with Gasteiger partial charge in [0.25, 0.3) is 11.8 Å². The number of nitrogens with zero attached hydrogens (tertiary/aromatic N) is 3. The molecule has 1 aliphatic heterocycles. The number of imide groups is 1. The van der Waals surface area contributed by atoms with Gasteiger partial charge < -0.3 is 9.88 Å². The quantitative estimate of drug-likeness (QED) is 0.609. The van der Waals surface area contributed by atoms with Gasteiger partial charge in [-0.05, 0) is 36.6 Å². The van der Waals surface area contributed by atoms with Gasteiger partial charge in [-0.1, -0.05) is 19.9 Å². The zero-order valence-electron chi connectivity index (χ0n) is 17.1. The van der Waals surface area contributed by atoms with Crippen LogP contribution in [0.2, 0.25) is 0 Å². The first-order valence-electron chi connectivity index (χ1n) is 10.1. The van der Waals surface area contributed by atoms with Gasteiger partial charge in [0, 0.05) is 43.5 Å². The zero-order chi connectivity index (χ0) is 21.3. The van der Waals surface area contributed by atoms with E-state index in [2.05, 4.69) is 28.7 Å². The number of benzene rings is 1. The second-order valence-corrected chi connectivity index (χ2v) is 7.91. The molecule has 4 rings (SSSR count). The first-order chi connectivity index (χ1) is 14.5. The predicted molar refractivity (Wildman–Crippen MR) is 114 cm³/mol. The lowest BCUT2D eigenvalue weighted by Crippen LogP contribution is -2.32. The number of aryl methyl sites for hydroxylation is 1. The minimum Gasteiger partial charge on any atom is -0.347 e. The number of carbonyl (C=O) groups is 3. The first-order valence-corrected chi connectivity index (χ1v) is 10.1. The number of carbonyl (C=O) groups excluding carboxylic acids is 3. The van der Waals surface area contributed by atoms with Crippen molar-refractivity contribution in [1.82, 2.24) is 14.5 Å². The van der Waals surface area contributed by atoms with E-state index in [9.17, 15) is 14.4 Å². The number of aromatic nitrogens is 2. The van der Waals surface area contributed by atoms with Crippen LogP contribution in [-0.2, 0) is 11.3 Å². The number of fused-ring (bicyclic) bond motifs is 2. The largest absolute Gasteiger partial charge is 0.347 e. The van der Waals surface area contributed by atoms with E-state index in [1.54, 1.807) is 0 Å². The average Bonchev–Trinajstić information content (AvgIpc) is 3.25. The molecule has 0 radical (unpaired) electrons. The van der Waals surface area contributed by atoms with Crippen molar-refractivity contribution in [2.75, 3.05) is 11.9 Å². The third-order valence-corrected chi connectivity index (χ3v) is 5.37. The summed E-state index contributed by atoms with van der Waals surface area (Å²) < 4.78 is 2.19. The molecule has 3 heterocycles. The summed E-state index contributed by atoms with van der Waals surface area (Å²) in [6.45, 7) is 5.35. The normalized spacial score (nSPS) is 13.4. The molecule has 2 aromatic heterocycles. The summed E-state index contributed by atoms with van der Waals surface area (Å²) in [7, 11) is 0. The highest BCUT2D eigenvalue weighted by molar-refractivity contribution is 6.21. The Kier molecular flexibility index (Phi) is 5.35. The van der Waals surface area contributed by atoms with Crippen molar-refractivity contribution in [2.45, 2.75) is 33.2 Å². The highest BCUT2D eigenvalue weighted by atomic mass is 16.2. The number of anilines is 1. The average molecular weight is 404 g/mol. The van der Waals surface area contributed by atoms with Gasteiger partial charge in [0.05, 0.1) is 22.3 Å². The van der Waals surface area contributed by atoms with E-state index in [-0.39, 0.29) is 30.3 Å². The van der Waals surface area contributed by atoms with Gasteiger partial charge in [-0.3, -0.25) is 24.3 Å². The molecule has 154 valence electrons. The Labute approximate surface area is 174 Å². The van der Waals surface area contributed by atoms with Crippen LogP contribution in [0.1, 0.15) is 47.4 Å². The molecule has 7 nitrogen and oxygen atoms in total. The van der Waals surface area contributed by atoms with Crippen molar-refractivity contribution in [1.29, 1.82) is 0 Å². The van der Waals surface area contributed by atoms with E-state index < -0.39 is 5.91 Å². The number of nitrogens with one attached hydrogen (secondary N) is 1. The summed E-state index contributed by atoms with van der Waals surface area (Å²) in [6.07, 6.45) is 6.02. The van der Waals surface area contributed by atoms with Crippen LogP contribution in [0.15, 0.2) is 48.9 Å². The fourth-order valence-corrected chi connectivity index (χ4v) is 3.69. The molecule has 0 unspecified atom stereocenters. The van der Waals surface area contributed by atoms with Gasteiger partial charge in [0.1, 0.15) is 0 Å². The van der Waals surface area contributed by atoms with Crippen molar-refractivity contribution < 1.29 is 14.4 Å². The lowest BCUT2D eigenvalue weighted by atomic mass is 10.1. The van der Waals surface area contributed by atoms with Crippen molar-refractivity contribution in [3.63, 3.8) is 0 Å². The Morgan fingerprint density at radius 1 is 1.07 bits per heavy atom. The fraction of sp³-hybridized carbons (Fsp3) is 0.304. The molecule has 0 atom stereocenters. The molecular weight excluding hydrogens is 380 g/mol. The molecule has 1 aromatic carbocycles. The van der Waals surface area contributed by atoms with Gasteiger partial charge >= 0.3 is 0 Å². The molecule has 0 spiro atoms. The lowest BCUT2D eigenvalue weighted by molar-refractivity contribution is -0.116. The summed E-state index contributed by atoms with van der Waals surface area (Å²) in [6, 6.07) is 9.35. The maximum Gasteiger partial charge on any atom is 0.263 e. The lowest BCUT2D eigenvalue weighted by Gasteiger charge is -2.14. The van der Waals surface area contributed by atoms with Gasteiger partial charge in [0.2, 0.25) is 5.91 Å². The predicted octanol–water partition coefficient (Wildman–Crippen LogP) is 3.71. The van der Waals surface area contributed by atoms with Crippen LogP contribution < -0.4 is 5.32 Å². The van der Waals surface area contributed by atoms with Gasteiger partial charge in [-0.25, -0.2) is 0 Å². The number of hydrogen-bond donors (Lipinski definition) is 1. The summed E-state index contributed by atoms with van der Waals surface area (Å²) >= 11 is 0. The molecule has 1 N–H and O–H groups in total. The molecule has 0 fully saturated rings. The summed E-state index contributed by atoms with van der Waals surface area (Å²) in [4.78, 5) is 42.4. The topological polar surface area (TPSA) is 84.3 Å². The number of amides is 3. The third-order valence-electron chi connectivity index (χ3n) is 5.37. The smallest absolute Gasteiger partial charge is 0.263 e. The number of pyridine rings is 1. The SMILES string of the molecule is CC(C)CCn1ccc2c(NC(=O)CCN3C(=O)c4ccncc4C3=O)cccc21. The minimum absolute atomic E-state index is 0.0311. The first kappa shape index (κ1) is 19.8. The summed E-state index contributed by atoms with van der Waals surface area (Å²) in [5, 5.41) is 3.90. The maximum absolute atomic E-state index is 12.5. The molecule has 0 aliphatic carbocycles. The molecule has 0 saturated heterocycles. The molecule has 7 heteroatoms. The molecule has 3 aromatic rings. The maximum atomic E-state index is 12.5. The van der Waals surface area contributed by atoms with Crippen LogP contribution >= 0.6 is 0 Å². The Bertz CT molecular complexity index is 1100. The van der Waals surface area contributed by atoms with Crippen LogP contribution in [0, 0.1) is 5.92 Å². The summed E-state index contributed by atoms with van der Waals surface area (Å²) in [5.74, 6) is -0.412. The summed E-state index contributed by atoms with van der Waals surface area (Å²) in [5.41, 5.74) is 2.42. The Morgan fingerprint density at radius 2 is 1.87 bits per heavy atom. The molecule has 0 bridgehead atoms. The van der Waals surface area contributed by atoms with E-state index in [1.165, 1.54) is 18.5 Å². The van der Waals surface area contributed by atoms with E-state index in [1.807, 2.05) is 30.5 Å². The monoisotopic (exact) mass is 404 g/mol. The van der Waals surface area contributed by atoms with E-state index >= 15 is 0 Å². The highest BCUT2D eigenvalue weighted by Gasteiger charge is 2.35. The van der Waals surface area contributed by atoms with E-state index in [0.717, 1.165) is 34.5 Å². The molecule has 0 saturated carbocycles. The van der Waals surface area contributed by atoms with E-state index in [4.69, 9.17) is 0 Å². The van der Waals surface area contributed by atoms with Crippen LogP contribution in [0.25, 0.3) is 10.9 Å². The van der Waals surface area contributed by atoms with Crippen LogP contribution in [0.4, 0.5) is 5.69 Å². The van der Waals surface area contributed by atoms with E-state index in [0.29, 0.717) is 11.5 Å². The second-order valence-electron chi connectivity index (χ2n) is 7.91. The second kappa shape index (κ2) is 8.10. The van der Waals surface area contributed by atoms with Gasteiger partial charge in [0.15, 0.2) is 0 Å². The zero-order valence-corrected chi connectivity index (χ0v) is 17.1. The van der Waals surface area contributed by atoms with Crippen molar-refractivity contribution in [2.24, 2.45) is 5.92 Å². The standard InChI is InChI=1S/C23H24N4O3/c1-15(2)7-11-26-12-8-17-19(4-3-5-20(17)26)25-21(28)9-13-27-22(29)16-6-10-24-14-18(16)23(27)30/h3-6,8,10,12,14-15H,7,9,11,13H2,1-2H3,(H,25,28). The third kappa shape index (κ3) is 3.70. The Morgan fingerprint density at radius 3 is 2.63 bits per heavy atom. The number of rotatable bonds is 7. The Balaban J connectivity index is 1.42. The van der Waals surface area contributed by atoms with Crippen molar-refractivity contribution in [3.8, 4) is 0 Å². The molecule has 3 amide bonds. The van der Waals surface area contributed by atoms with Crippen molar-refractivity contribution in [3.05, 3.63) is 60.0 Å². The fourth-order valence-electron chi connectivity index (χ4n) is 3.69. The number of hydrogen-bond acceptors (Lipinski definition) is 4. The molecule has 30 heavy (non-hydrogen) atoms. The van der Waals surface area contributed by atoms with Crippen LogP contribution in [0.3, 0.4) is 0 Å². The molecule has 1 aliphatic rings.